The molecule has 0 radical (unpaired) electrons. The Balaban J connectivity index is 3.13. The zero-order valence-corrected chi connectivity index (χ0v) is 7.96. The van der Waals surface area contributed by atoms with Gasteiger partial charge in [-0.15, -0.1) is 0 Å². The predicted octanol–water partition coefficient (Wildman–Crippen LogP) is 1.31. The number of carboxylic acids is 1. The van der Waals surface area contributed by atoms with Crippen molar-refractivity contribution in [2.75, 3.05) is 6.61 Å². The monoisotopic (exact) mass is 192 g/mol. The summed E-state index contributed by atoms with van der Waals surface area (Å²) in [5.74, 6) is -0.743. The van der Waals surface area contributed by atoms with Crippen LogP contribution in [-0.4, -0.2) is 28.0 Å². The van der Waals surface area contributed by atoms with Gasteiger partial charge >= 0.3 is 5.97 Å². The van der Waals surface area contributed by atoms with Gasteiger partial charge in [-0.2, -0.15) is 12.6 Å². The van der Waals surface area contributed by atoms with Crippen molar-refractivity contribution >= 4 is 18.6 Å². The van der Waals surface area contributed by atoms with Gasteiger partial charge in [-0.1, -0.05) is 6.42 Å². The average Bonchev–Trinajstić information content (AvgIpc) is 1.98. The first kappa shape index (κ1) is 11.8. The van der Waals surface area contributed by atoms with E-state index in [4.69, 9.17) is 10.2 Å². The minimum Gasteiger partial charge on any atom is -0.481 e. The molecule has 0 heterocycles. The minimum atomic E-state index is -0.743. The molecule has 0 unspecified atom stereocenters. The zero-order chi connectivity index (χ0) is 9.40. The molecule has 12 heavy (non-hydrogen) atoms. The van der Waals surface area contributed by atoms with Crippen LogP contribution in [0.25, 0.3) is 0 Å². The average molecular weight is 192 g/mol. The van der Waals surface area contributed by atoms with E-state index in [-0.39, 0.29) is 18.3 Å². The van der Waals surface area contributed by atoms with Crippen LogP contribution in [0.3, 0.4) is 0 Å². The van der Waals surface area contributed by atoms with E-state index in [2.05, 4.69) is 12.6 Å². The van der Waals surface area contributed by atoms with Gasteiger partial charge in [-0.3, -0.25) is 4.79 Å². The van der Waals surface area contributed by atoms with Crippen LogP contribution in [-0.2, 0) is 4.79 Å². The van der Waals surface area contributed by atoms with Gasteiger partial charge in [-0.05, 0) is 19.3 Å². The van der Waals surface area contributed by atoms with Gasteiger partial charge < -0.3 is 10.2 Å². The van der Waals surface area contributed by atoms with Crippen molar-refractivity contribution in [2.24, 2.45) is 0 Å². The SMILES string of the molecule is O=C(O)CCCC[C@H](S)CCO. The molecule has 1 atom stereocenters. The molecule has 0 aromatic heterocycles. The van der Waals surface area contributed by atoms with Crippen molar-refractivity contribution in [3.05, 3.63) is 0 Å². The third kappa shape index (κ3) is 7.88. The van der Waals surface area contributed by atoms with Crippen LogP contribution in [0.4, 0.5) is 0 Å². The largest absolute Gasteiger partial charge is 0.481 e. The van der Waals surface area contributed by atoms with E-state index in [1.165, 1.54) is 0 Å². The maximum Gasteiger partial charge on any atom is 0.303 e. The fraction of sp³-hybridized carbons (Fsp3) is 0.875. The van der Waals surface area contributed by atoms with E-state index < -0.39 is 5.97 Å². The van der Waals surface area contributed by atoms with Gasteiger partial charge in [0.15, 0.2) is 0 Å². The summed E-state index contributed by atoms with van der Waals surface area (Å²) in [7, 11) is 0. The highest BCUT2D eigenvalue weighted by atomic mass is 32.1. The number of aliphatic carboxylic acids is 1. The molecule has 0 spiro atoms. The van der Waals surface area contributed by atoms with Crippen LogP contribution in [0.1, 0.15) is 32.1 Å². The highest BCUT2D eigenvalue weighted by Gasteiger charge is 2.02. The lowest BCUT2D eigenvalue weighted by Crippen LogP contribution is -2.02. The standard InChI is InChI=1S/C8H16O3S/c9-6-5-7(12)3-1-2-4-8(10)11/h7,9,12H,1-6H2,(H,10,11)/t7-/m0/s1. The second kappa shape index (κ2) is 7.43. The molecule has 0 aliphatic rings. The number of rotatable bonds is 7. The van der Waals surface area contributed by atoms with E-state index in [9.17, 15) is 4.79 Å². The van der Waals surface area contributed by atoms with Crippen molar-refractivity contribution < 1.29 is 15.0 Å². The number of aliphatic hydroxyl groups excluding tert-OH is 1. The molecule has 0 aromatic carbocycles. The Morgan fingerprint density at radius 3 is 2.50 bits per heavy atom. The van der Waals surface area contributed by atoms with Crippen molar-refractivity contribution in [2.45, 2.75) is 37.4 Å². The molecule has 0 saturated carbocycles. The Labute approximate surface area is 78.2 Å². The van der Waals surface area contributed by atoms with E-state index >= 15 is 0 Å². The second-order valence-electron chi connectivity index (χ2n) is 2.81. The fourth-order valence-corrected chi connectivity index (χ4v) is 1.25. The van der Waals surface area contributed by atoms with Crippen molar-refractivity contribution in [3.63, 3.8) is 0 Å². The van der Waals surface area contributed by atoms with Crippen LogP contribution in [0.15, 0.2) is 0 Å². The second-order valence-corrected chi connectivity index (χ2v) is 3.54. The highest BCUT2D eigenvalue weighted by molar-refractivity contribution is 7.80. The van der Waals surface area contributed by atoms with Gasteiger partial charge in [0.05, 0.1) is 0 Å². The topological polar surface area (TPSA) is 57.5 Å². The van der Waals surface area contributed by atoms with Gasteiger partial charge in [0, 0.05) is 18.3 Å². The molecule has 2 N–H and O–H groups in total. The number of carboxylic acid groups (broad SMARTS) is 1. The lowest BCUT2D eigenvalue weighted by Gasteiger charge is -2.06. The van der Waals surface area contributed by atoms with Gasteiger partial charge in [-0.25, -0.2) is 0 Å². The number of hydrogen-bond donors (Lipinski definition) is 3. The smallest absolute Gasteiger partial charge is 0.303 e. The summed E-state index contributed by atoms with van der Waals surface area (Å²) >= 11 is 4.23. The first-order chi connectivity index (χ1) is 5.66. The number of hydrogen-bond acceptors (Lipinski definition) is 3. The number of aliphatic hydroxyl groups is 1. The van der Waals surface area contributed by atoms with Crippen LogP contribution in [0.2, 0.25) is 0 Å². The van der Waals surface area contributed by atoms with Crippen LogP contribution in [0.5, 0.6) is 0 Å². The van der Waals surface area contributed by atoms with Gasteiger partial charge in [0.25, 0.3) is 0 Å². The molecule has 0 aliphatic heterocycles. The molecule has 0 saturated heterocycles. The normalized spacial score (nSPS) is 12.8. The van der Waals surface area contributed by atoms with Gasteiger partial charge in [0.1, 0.15) is 0 Å². The number of unbranched alkanes of at least 4 members (excludes halogenated alkanes) is 1. The Hall–Kier alpha value is -0.220. The van der Waals surface area contributed by atoms with Crippen molar-refractivity contribution in [1.29, 1.82) is 0 Å². The summed E-state index contributed by atoms with van der Waals surface area (Å²) in [6.07, 6.45) is 3.39. The number of thiol groups is 1. The number of carbonyl (C=O) groups is 1. The van der Waals surface area contributed by atoms with E-state index in [1.54, 1.807) is 0 Å². The molecule has 0 bridgehead atoms. The molecular formula is C8H16O3S. The summed E-state index contributed by atoms with van der Waals surface area (Å²) in [5.41, 5.74) is 0. The summed E-state index contributed by atoms with van der Waals surface area (Å²) in [4.78, 5) is 10.1. The zero-order valence-electron chi connectivity index (χ0n) is 7.07. The molecule has 0 fully saturated rings. The molecule has 0 aliphatic carbocycles. The van der Waals surface area contributed by atoms with E-state index in [0.717, 1.165) is 12.8 Å². The third-order valence-corrected chi connectivity index (χ3v) is 2.16. The molecule has 3 nitrogen and oxygen atoms in total. The fourth-order valence-electron chi connectivity index (χ4n) is 0.950. The molecular weight excluding hydrogens is 176 g/mol. The lowest BCUT2D eigenvalue weighted by molar-refractivity contribution is -0.137. The maximum absolute atomic E-state index is 10.1. The summed E-state index contributed by atoms with van der Waals surface area (Å²) in [5, 5.41) is 17.1. The Morgan fingerprint density at radius 1 is 1.33 bits per heavy atom. The van der Waals surface area contributed by atoms with Gasteiger partial charge in [0.2, 0.25) is 0 Å². The molecule has 72 valence electrons. The van der Waals surface area contributed by atoms with Crippen LogP contribution < -0.4 is 0 Å². The molecule has 4 heteroatoms. The van der Waals surface area contributed by atoms with Crippen molar-refractivity contribution in [1.82, 2.24) is 0 Å². The molecule has 0 aromatic rings. The van der Waals surface area contributed by atoms with E-state index in [0.29, 0.717) is 12.8 Å². The predicted molar refractivity (Wildman–Crippen MR) is 50.6 cm³/mol. The Morgan fingerprint density at radius 2 is 2.00 bits per heavy atom. The van der Waals surface area contributed by atoms with Crippen LogP contribution in [0, 0.1) is 0 Å². The maximum atomic E-state index is 10.1. The van der Waals surface area contributed by atoms with E-state index in [1.807, 2.05) is 0 Å². The van der Waals surface area contributed by atoms with Crippen LogP contribution >= 0.6 is 12.6 Å². The van der Waals surface area contributed by atoms with Crippen molar-refractivity contribution in [3.8, 4) is 0 Å². The summed E-state index contributed by atoms with van der Waals surface area (Å²) < 4.78 is 0. The first-order valence-electron chi connectivity index (χ1n) is 4.17. The summed E-state index contributed by atoms with van der Waals surface area (Å²) in [6, 6.07) is 0. The molecule has 0 rings (SSSR count). The molecule has 0 amide bonds. The third-order valence-electron chi connectivity index (χ3n) is 1.64. The first-order valence-corrected chi connectivity index (χ1v) is 4.69. The highest BCUT2D eigenvalue weighted by Crippen LogP contribution is 2.11. The Kier molecular flexibility index (Phi) is 7.29. The quantitative estimate of drug-likeness (QED) is 0.421. The Bertz CT molecular complexity index is 127. The minimum absolute atomic E-state index is 0.160. The summed E-state index contributed by atoms with van der Waals surface area (Å²) in [6.45, 7) is 0.160. The lowest BCUT2D eigenvalue weighted by atomic mass is 10.1.